The smallest absolute Gasteiger partial charge is 0.129 e. The zero-order valence-electron chi connectivity index (χ0n) is 13.8. The summed E-state index contributed by atoms with van der Waals surface area (Å²) in [6, 6.07) is 7.60. The Hall–Kier alpha value is -2.03. The van der Waals surface area contributed by atoms with Gasteiger partial charge in [-0.2, -0.15) is 0 Å². The molecule has 1 atom stereocenters. The molecule has 24 heavy (non-hydrogen) atoms. The van der Waals surface area contributed by atoms with Crippen LogP contribution in [0.2, 0.25) is 0 Å². The summed E-state index contributed by atoms with van der Waals surface area (Å²) in [6.45, 7) is 1.93. The van der Waals surface area contributed by atoms with Gasteiger partial charge in [-0.3, -0.25) is 0 Å². The first-order valence-electron chi connectivity index (χ1n) is 8.44. The van der Waals surface area contributed by atoms with Crippen LogP contribution in [-0.2, 0) is 19.3 Å². The Labute approximate surface area is 141 Å². The van der Waals surface area contributed by atoms with E-state index in [1.807, 2.05) is 19.1 Å². The zero-order valence-corrected chi connectivity index (χ0v) is 13.8. The number of aryl methyl sites for hydroxylation is 2. The Morgan fingerprint density at radius 2 is 1.79 bits per heavy atom. The van der Waals surface area contributed by atoms with Crippen molar-refractivity contribution < 1.29 is 13.2 Å². The molecule has 1 unspecified atom stereocenters. The maximum absolute atomic E-state index is 14.5. The van der Waals surface area contributed by atoms with E-state index in [0.29, 0.717) is 31.2 Å². The van der Waals surface area contributed by atoms with E-state index < -0.39 is 11.6 Å². The van der Waals surface area contributed by atoms with Gasteiger partial charge in [-0.05, 0) is 85.9 Å². The third-order valence-corrected chi connectivity index (χ3v) is 4.78. The molecule has 0 spiro atoms. The van der Waals surface area contributed by atoms with E-state index in [4.69, 9.17) is 0 Å². The van der Waals surface area contributed by atoms with Crippen molar-refractivity contribution in [3.05, 3.63) is 82.2 Å². The summed E-state index contributed by atoms with van der Waals surface area (Å²) >= 11 is 0. The Kier molecular flexibility index (Phi) is 5.08. The second-order valence-electron chi connectivity index (χ2n) is 6.43. The van der Waals surface area contributed by atoms with Gasteiger partial charge in [0, 0.05) is 5.56 Å². The molecular formula is C21H21F3. The minimum Gasteiger partial charge on any atom is -0.207 e. The van der Waals surface area contributed by atoms with Crippen molar-refractivity contribution in [1.82, 2.24) is 0 Å². The van der Waals surface area contributed by atoms with Crippen LogP contribution in [0.25, 0.3) is 0 Å². The fourth-order valence-corrected chi connectivity index (χ4v) is 3.56. The molecule has 0 saturated heterocycles. The molecule has 3 heteroatoms. The second kappa shape index (κ2) is 7.25. The molecule has 0 aromatic heterocycles. The maximum atomic E-state index is 14.5. The van der Waals surface area contributed by atoms with E-state index in [2.05, 4.69) is 0 Å². The Morgan fingerprint density at radius 3 is 2.50 bits per heavy atom. The summed E-state index contributed by atoms with van der Waals surface area (Å²) in [6.07, 6.45) is 7.18. The van der Waals surface area contributed by atoms with Crippen molar-refractivity contribution in [3.63, 3.8) is 0 Å². The normalized spacial score (nSPS) is 17.2. The van der Waals surface area contributed by atoms with Gasteiger partial charge in [-0.15, -0.1) is 0 Å². The number of hydrogen-bond donors (Lipinski definition) is 0. The largest absolute Gasteiger partial charge is 0.207 e. The molecule has 0 fully saturated rings. The van der Waals surface area contributed by atoms with Gasteiger partial charge in [0.25, 0.3) is 0 Å². The lowest BCUT2D eigenvalue weighted by Crippen LogP contribution is -2.16. The molecule has 1 aliphatic rings. The third-order valence-electron chi connectivity index (χ3n) is 4.78. The minimum atomic E-state index is -0.457. The average molecular weight is 330 g/mol. The first-order chi connectivity index (χ1) is 11.6. The van der Waals surface area contributed by atoms with Crippen molar-refractivity contribution >= 4 is 0 Å². The van der Waals surface area contributed by atoms with Gasteiger partial charge in [0.2, 0.25) is 0 Å². The number of rotatable bonds is 4. The fraction of sp³-hybridized carbons (Fsp3) is 0.333. The number of fused-ring (bicyclic) bond motifs is 1. The topological polar surface area (TPSA) is 0 Å². The quantitative estimate of drug-likeness (QED) is 0.614. The molecule has 126 valence electrons. The molecule has 3 rings (SSSR count). The Bertz CT molecular complexity index is 739. The Balaban J connectivity index is 1.83. The van der Waals surface area contributed by atoms with E-state index in [0.717, 1.165) is 17.5 Å². The molecule has 0 bridgehead atoms. The average Bonchev–Trinajstić information content (AvgIpc) is 2.54. The lowest BCUT2D eigenvalue weighted by molar-refractivity contribution is 0.488. The van der Waals surface area contributed by atoms with Crippen LogP contribution >= 0.6 is 0 Å². The van der Waals surface area contributed by atoms with Crippen molar-refractivity contribution in [2.75, 3.05) is 0 Å². The minimum absolute atomic E-state index is 0.180. The number of allylic oxidation sites excluding steroid dienone is 2. The molecular weight excluding hydrogens is 309 g/mol. The van der Waals surface area contributed by atoms with Crippen molar-refractivity contribution in [3.8, 4) is 0 Å². The first-order valence-corrected chi connectivity index (χ1v) is 8.44. The van der Waals surface area contributed by atoms with Crippen LogP contribution in [0.3, 0.4) is 0 Å². The molecule has 1 aliphatic carbocycles. The first kappa shape index (κ1) is 16.8. The van der Waals surface area contributed by atoms with Gasteiger partial charge in [0.1, 0.15) is 17.5 Å². The summed E-state index contributed by atoms with van der Waals surface area (Å²) in [4.78, 5) is 0. The van der Waals surface area contributed by atoms with Crippen LogP contribution < -0.4 is 0 Å². The monoisotopic (exact) mass is 330 g/mol. The molecule has 0 saturated carbocycles. The molecule has 2 aromatic rings. The molecule has 0 heterocycles. The summed E-state index contributed by atoms with van der Waals surface area (Å²) in [5.41, 5.74) is 2.81. The van der Waals surface area contributed by atoms with Gasteiger partial charge < -0.3 is 0 Å². The zero-order chi connectivity index (χ0) is 17.1. The van der Waals surface area contributed by atoms with Gasteiger partial charge in [0.15, 0.2) is 0 Å². The summed E-state index contributed by atoms with van der Waals surface area (Å²) in [5.74, 6) is -1.36. The van der Waals surface area contributed by atoms with Crippen LogP contribution in [0, 0.1) is 17.5 Å². The molecule has 0 amide bonds. The van der Waals surface area contributed by atoms with Gasteiger partial charge >= 0.3 is 0 Å². The highest BCUT2D eigenvalue weighted by atomic mass is 19.1. The molecule has 0 nitrogen and oxygen atoms in total. The Morgan fingerprint density at radius 1 is 1.04 bits per heavy atom. The van der Waals surface area contributed by atoms with Crippen molar-refractivity contribution in [1.29, 1.82) is 0 Å². The van der Waals surface area contributed by atoms with Crippen LogP contribution in [0.1, 0.15) is 47.9 Å². The molecule has 0 aliphatic heterocycles. The number of halogens is 3. The van der Waals surface area contributed by atoms with Crippen LogP contribution in [0.15, 0.2) is 42.5 Å². The van der Waals surface area contributed by atoms with E-state index >= 15 is 0 Å². The fourth-order valence-electron chi connectivity index (χ4n) is 3.56. The van der Waals surface area contributed by atoms with Gasteiger partial charge in [-0.25, -0.2) is 13.2 Å². The highest BCUT2D eigenvalue weighted by Crippen LogP contribution is 2.36. The summed E-state index contributed by atoms with van der Waals surface area (Å²) in [5, 5.41) is 0. The number of benzene rings is 2. The molecule has 0 N–H and O–H groups in total. The highest BCUT2D eigenvalue weighted by Gasteiger charge is 2.26. The SMILES string of the molecule is C/C=C/CCc1cc(F)c(C2CCc3cc(F)ccc3C2)c(F)c1. The van der Waals surface area contributed by atoms with Crippen LogP contribution in [0.5, 0.6) is 0 Å². The van der Waals surface area contributed by atoms with Crippen LogP contribution in [-0.4, -0.2) is 0 Å². The lowest BCUT2D eigenvalue weighted by Gasteiger charge is -2.26. The molecule has 2 aromatic carbocycles. The lowest BCUT2D eigenvalue weighted by atomic mass is 9.79. The predicted octanol–water partition coefficient (Wildman–Crippen LogP) is 5.89. The van der Waals surface area contributed by atoms with E-state index in [1.165, 1.54) is 24.3 Å². The standard InChI is InChI=1S/C21H21F3/c1-2-3-4-5-14-10-19(23)21(20(24)11-14)17-7-6-16-13-18(22)9-8-15(16)12-17/h2-3,8-11,13,17H,4-7,12H2,1H3/b3-2+. The summed E-state index contributed by atoms with van der Waals surface area (Å²) < 4.78 is 42.3. The number of hydrogen-bond acceptors (Lipinski definition) is 0. The van der Waals surface area contributed by atoms with E-state index in [1.54, 1.807) is 6.07 Å². The maximum Gasteiger partial charge on any atom is 0.129 e. The predicted molar refractivity (Wildman–Crippen MR) is 90.7 cm³/mol. The summed E-state index contributed by atoms with van der Waals surface area (Å²) in [7, 11) is 0. The highest BCUT2D eigenvalue weighted by molar-refractivity contribution is 5.36. The van der Waals surface area contributed by atoms with Crippen molar-refractivity contribution in [2.45, 2.75) is 44.9 Å². The van der Waals surface area contributed by atoms with E-state index in [9.17, 15) is 13.2 Å². The van der Waals surface area contributed by atoms with Crippen LogP contribution in [0.4, 0.5) is 13.2 Å². The van der Waals surface area contributed by atoms with Crippen molar-refractivity contribution in [2.24, 2.45) is 0 Å². The van der Waals surface area contributed by atoms with E-state index in [-0.39, 0.29) is 17.3 Å². The second-order valence-corrected chi connectivity index (χ2v) is 6.43. The van der Waals surface area contributed by atoms with Gasteiger partial charge in [0.05, 0.1) is 0 Å². The molecule has 0 radical (unpaired) electrons. The third kappa shape index (κ3) is 3.55. The van der Waals surface area contributed by atoms with Gasteiger partial charge in [-0.1, -0.05) is 18.2 Å².